The Balaban J connectivity index is 1.81. The zero-order chi connectivity index (χ0) is 12.3. The van der Waals surface area contributed by atoms with Crippen molar-refractivity contribution >= 4 is 17.7 Å². The Morgan fingerprint density at radius 2 is 2.06 bits per heavy atom. The minimum atomic E-state index is 0.185. The molecule has 0 aromatic heterocycles. The SMILES string of the molecule is CC1CC(N)CN(C(=O)CC2CCSCC2)C1. The van der Waals surface area contributed by atoms with Gasteiger partial charge in [-0.25, -0.2) is 0 Å². The Morgan fingerprint density at radius 1 is 1.35 bits per heavy atom. The highest BCUT2D eigenvalue weighted by Crippen LogP contribution is 2.26. The molecule has 2 aliphatic heterocycles. The Labute approximate surface area is 108 Å². The maximum absolute atomic E-state index is 12.2. The molecule has 0 aromatic carbocycles. The predicted molar refractivity (Wildman–Crippen MR) is 73.0 cm³/mol. The maximum atomic E-state index is 12.2. The molecule has 0 aliphatic carbocycles. The first-order valence-electron chi connectivity index (χ1n) is 6.76. The van der Waals surface area contributed by atoms with Crippen LogP contribution in [0.25, 0.3) is 0 Å². The number of rotatable bonds is 2. The molecule has 1 amide bonds. The van der Waals surface area contributed by atoms with E-state index in [0.717, 1.165) is 25.9 Å². The van der Waals surface area contributed by atoms with E-state index in [2.05, 4.69) is 6.92 Å². The van der Waals surface area contributed by atoms with Crippen molar-refractivity contribution in [2.75, 3.05) is 24.6 Å². The highest BCUT2D eigenvalue weighted by atomic mass is 32.2. The number of carbonyl (C=O) groups excluding carboxylic acids is 1. The van der Waals surface area contributed by atoms with Crippen LogP contribution in [0.5, 0.6) is 0 Å². The summed E-state index contributed by atoms with van der Waals surface area (Å²) in [5.74, 6) is 3.98. The molecule has 2 atom stereocenters. The van der Waals surface area contributed by atoms with Crippen LogP contribution in [0.15, 0.2) is 0 Å². The zero-order valence-electron chi connectivity index (χ0n) is 10.7. The Hall–Kier alpha value is -0.220. The maximum Gasteiger partial charge on any atom is 0.222 e. The second-order valence-corrected chi connectivity index (χ2v) is 6.88. The third-order valence-electron chi connectivity index (χ3n) is 3.85. The Bertz CT molecular complexity index is 256. The third kappa shape index (κ3) is 3.88. The molecule has 2 N–H and O–H groups in total. The molecule has 0 spiro atoms. The highest BCUT2D eigenvalue weighted by molar-refractivity contribution is 7.99. The van der Waals surface area contributed by atoms with Gasteiger partial charge >= 0.3 is 0 Å². The van der Waals surface area contributed by atoms with Gasteiger partial charge in [-0.15, -0.1) is 0 Å². The molecule has 0 saturated carbocycles. The number of carbonyl (C=O) groups is 1. The molecule has 0 bridgehead atoms. The molecule has 2 rings (SSSR count). The van der Waals surface area contributed by atoms with Crippen LogP contribution in [0.3, 0.4) is 0 Å². The molecular formula is C13H24N2OS. The van der Waals surface area contributed by atoms with Crippen molar-refractivity contribution in [2.24, 2.45) is 17.6 Å². The molecule has 2 fully saturated rings. The number of nitrogens with two attached hydrogens (primary N) is 1. The van der Waals surface area contributed by atoms with Gasteiger partial charge in [-0.05, 0) is 42.6 Å². The first-order valence-corrected chi connectivity index (χ1v) is 7.91. The van der Waals surface area contributed by atoms with E-state index in [1.54, 1.807) is 0 Å². The summed E-state index contributed by atoms with van der Waals surface area (Å²) in [5, 5.41) is 0. The smallest absolute Gasteiger partial charge is 0.222 e. The van der Waals surface area contributed by atoms with Gasteiger partial charge in [0.05, 0.1) is 0 Å². The van der Waals surface area contributed by atoms with Gasteiger partial charge < -0.3 is 10.6 Å². The average molecular weight is 256 g/mol. The molecule has 0 radical (unpaired) electrons. The van der Waals surface area contributed by atoms with E-state index in [1.165, 1.54) is 24.3 Å². The van der Waals surface area contributed by atoms with Crippen molar-refractivity contribution in [3.63, 3.8) is 0 Å². The van der Waals surface area contributed by atoms with E-state index in [0.29, 0.717) is 17.7 Å². The molecule has 2 heterocycles. The molecule has 17 heavy (non-hydrogen) atoms. The largest absolute Gasteiger partial charge is 0.341 e. The van der Waals surface area contributed by atoms with Crippen LogP contribution in [0.4, 0.5) is 0 Å². The standard InChI is InChI=1S/C13H24N2OS/c1-10-6-12(14)9-15(8-10)13(16)7-11-2-4-17-5-3-11/h10-12H,2-9,14H2,1H3. The third-order valence-corrected chi connectivity index (χ3v) is 4.90. The minimum Gasteiger partial charge on any atom is -0.341 e. The molecule has 4 heteroatoms. The topological polar surface area (TPSA) is 46.3 Å². The number of nitrogens with zero attached hydrogens (tertiary/aromatic N) is 1. The summed E-state index contributed by atoms with van der Waals surface area (Å²) in [7, 11) is 0. The lowest BCUT2D eigenvalue weighted by molar-refractivity contribution is -0.134. The quantitative estimate of drug-likeness (QED) is 0.818. The van der Waals surface area contributed by atoms with Crippen molar-refractivity contribution in [1.29, 1.82) is 0 Å². The first-order chi connectivity index (χ1) is 8.15. The summed E-state index contributed by atoms with van der Waals surface area (Å²) < 4.78 is 0. The summed E-state index contributed by atoms with van der Waals surface area (Å²) in [6.45, 7) is 3.87. The van der Waals surface area contributed by atoms with Gasteiger partial charge in [-0.3, -0.25) is 4.79 Å². The van der Waals surface area contributed by atoms with Gasteiger partial charge in [0, 0.05) is 25.6 Å². The molecule has 3 nitrogen and oxygen atoms in total. The molecule has 2 unspecified atom stereocenters. The van der Waals surface area contributed by atoms with Crippen molar-refractivity contribution in [2.45, 2.75) is 38.6 Å². The van der Waals surface area contributed by atoms with Crippen LogP contribution in [0, 0.1) is 11.8 Å². The number of hydrogen-bond donors (Lipinski definition) is 1. The second kappa shape index (κ2) is 6.10. The summed E-state index contributed by atoms with van der Waals surface area (Å²) in [6.07, 6.45) is 4.24. The van der Waals surface area contributed by atoms with Crippen LogP contribution in [-0.4, -0.2) is 41.4 Å². The van der Waals surface area contributed by atoms with Crippen molar-refractivity contribution in [3.05, 3.63) is 0 Å². The fourth-order valence-electron chi connectivity index (χ4n) is 2.93. The van der Waals surface area contributed by atoms with Gasteiger partial charge in [-0.1, -0.05) is 6.92 Å². The summed E-state index contributed by atoms with van der Waals surface area (Å²) in [4.78, 5) is 14.2. The summed E-state index contributed by atoms with van der Waals surface area (Å²) in [5.41, 5.74) is 5.99. The number of likely N-dealkylation sites (tertiary alicyclic amines) is 1. The normalized spacial score (nSPS) is 31.5. The Morgan fingerprint density at radius 3 is 2.71 bits per heavy atom. The first kappa shape index (κ1) is 13.2. The van der Waals surface area contributed by atoms with E-state index in [9.17, 15) is 4.79 Å². The number of amides is 1. The van der Waals surface area contributed by atoms with Crippen LogP contribution in [0.1, 0.15) is 32.6 Å². The highest BCUT2D eigenvalue weighted by Gasteiger charge is 2.27. The molecule has 0 aromatic rings. The van der Waals surface area contributed by atoms with Crippen LogP contribution in [0.2, 0.25) is 0 Å². The molecule has 2 aliphatic rings. The van der Waals surface area contributed by atoms with Gasteiger partial charge in [-0.2, -0.15) is 11.8 Å². The average Bonchev–Trinajstić information content (AvgIpc) is 2.29. The second-order valence-electron chi connectivity index (χ2n) is 5.66. The van der Waals surface area contributed by atoms with E-state index < -0.39 is 0 Å². The van der Waals surface area contributed by atoms with Gasteiger partial charge in [0.1, 0.15) is 0 Å². The predicted octanol–water partition coefficient (Wildman–Crippen LogP) is 1.72. The molecule has 98 valence electrons. The van der Waals surface area contributed by atoms with Crippen molar-refractivity contribution in [1.82, 2.24) is 4.90 Å². The van der Waals surface area contributed by atoms with Crippen LogP contribution >= 0.6 is 11.8 Å². The molecular weight excluding hydrogens is 232 g/mol. The number of piperidine rings is 1. The zero-order valence-corrected chi connectivity index (χ0v) is 11.5. The fraction of sp³-hybridized carbons (Fsp3) is 0.923. The van der Waals surface area contributed by atoms with E-state index in [4.69, 9.17) is 5.73 Å². The fourth-order valence-corrected chi connectivity index (χ4v) is 4.13. The lowest BCUT2D eigenvalue weighted by Gasteiger charge is -2.36. The number of thioether (sulfide) groups is 1. The van der Waals surface area contributed by atoms with E-state index >= 15 is 0 Å². The lowest BCUT2D eigenvalue weighted by atomic mass is 9.94. The monoisotopic (exact) mass is 256 g/mol. The number of hydrogen-bond acceptors (Lipinski definition) is 3. The minimum absolute atomic E-state index is 0.185. The van der Waals surface area contributed by atoms with Crippen molar-refractivity contribution in [3.8, 4) is 0 Å². The lowest BCUT2D eigenvalue weighted by Crippen LogP contribution is -2.49. The van der Waals surface area contributed by atoms with Gasteiger partial charge in [0.25, 0.3) is 0 Å². The summed E-state index contributed by atoms with van der Waals surface area (Å²) >= 11 is 2.02. The Kier molecular flexibility index (Phi) is 4.74. The summed E-state index contributed by atoms with van der Waals surface area (Å²) in [6, 6.07) is 0.185. The van der Waals surface area contributed by atoms with E-state index in [1.807, 2.05) is 16.7 Å². The van der Waals surface area contributed by atoms with Gasteiger partial charge in [0.2, 0.25) is 5.91 Å². The van der Waals surface area contributed by atoms with Crippen LogP contribution < -0.4 is 5.73 Å². The van der Waals surface area contributed by atoms with Gasteiger partial charge in [0.15, 0.2) is 0 Å². The van der Waals surface area contributed by atoms with Crippen molar-refractivity contribution < 1.29 is 4.79 Å². The van der Waals surface area contributed by atoms with Crippen LogP contribution in [-0.2, 0) is 4.79 Å². The van der Waals surface area contributed by atoms with E-state index in [-0.39, 0.29) is 6.04 Å². The molecule has 2 saturated heterocycles.